The van der Waals surface area contributed by atoms with Crippen molar-refractivity contribution < 1.29 is 9.13 Å². The highest BCUT2D eigenvalue weighted by Gasteiger charge is 2.20. The first-order valence-corrected chi connectivity index (χ1v) is 10.8. The zero-order chi connectivity index (χ0) is 21.3. The summed E-state index contributed by atoms with van der Waals surface area (Å²) in [5.41, 5.74) is 13.8. The fourth-order valence-corrected chi connectivity index (χ4v) is 4.22. The van der Waals surface area contributed by atoms with Crippen LogP contribution in [0.2, 0.25) is 0 Å². The molecular formula is C27H36N2+2. The van der Waals surface area contributed by atoms with Crippen molar-refractivity contribution in [2.75, 3.05) is 0 Å². The van der Waals surface area contributed by atoms with Crippen LogP contribution in [0.1, 0.15) is 63.1 Å². The van der Waals surface area contributed by atoms with Gasteiger partial charge in [0.05, 0.1) is 0 Å². The van der Waals surface area contributed by atoms with Crippen LogP contribution in [0, 0.1) is 41.5 Å². The van der Waals surface area contributed by atoms with E-state index in [1.807, 2.05) is 0 Å². The Balaban J connectivity index is 1.95. The Morgan fingerprint density at radius 2 is 1.21 bits per heavy atom. The maximum Gasteiger partial charge on any atom is 0.181 e. The Hall–Kier alpha value is -2.48. The summed E-state index contributed by atoms with van der Waals surface area (Å²) in [7, 11) is 2.15. The number of nitrogens with zero attached hydrogens (tertiary/aromatic N) is 2. The Labute approximate surface area is 176 Å². The van der Waals surface area contributed by atoms with E-state index in [0.29, 0.717) is 0 Å². The number of hydrogen-bond acceptors (Lipinski definition) is 0. The lowest BCUT2D eigenvalue weighted by atomic mass is 9.95. The molecule has 0 aliphatic carbocycles. The minimum Gasteiger partial charge on any atom is -0.203 e. The molecule has 0 saturated carbocycles. The van der Waals surface area contributed by atoms with E-state index >= 15 is 0 Å². The minimum absolute atomic E-state index is 0.932. The molecule has 2 nitrogen and oxygen atoms in total. The van der Waals surface area contributed by atoms with Gasteiger partial charge in [0.2, 0.25) is 0 Å². The Morgan fingerprint density at radius 3 is 1.79 bits per heavy atom. The first kappa shape index (κ1) is 21.2. The number of pyridine rings is 2. The molecule has 0 saturated heterocycles. The van der Waals surface area contributed by atoms with E-state index < -0.39 is 0 Å². The summed E-state index contributed by atoms with van der Waals surface area (Å²) in [6.45, 7) is 16.6. The van der Waals surface area contributed by atoms with Gasteiger partial charge < -0.3 is 0 Å². The molecule has 0 fully saturated rings. The molecule has 0 bridgehead atoms. The molecule has 0 atom stereocenters. The first-order valence-electron chi connectivity index (χ1n) is 10.8. The summed E-state index contributed by atoms with van der Waals surface area (Å²) < 4.78 is 4.74. The largest absolute Gasteiger partial charge is 0.203 e. The van der Waals surface area contributed by atoms with Crippen molar-refractivity contribution in [3.63, 3.8) is 0 Å². The molecule has 2 heteroatoms. The van der Waals surface area contributed by atoms with Crippen molar-refractivity contribution in [3.05, 3.63) is 92.6 Å². The Bertz CT molecular complexity index is 1040. The van der Waals surface area contributed by atoms with Gasteiger partial charge in [0, 0.05) is 56.5 Å². The molecule has 0 amide bonds. The van der Waals surface area contributed by atoms with E-state index in [4.69, 9.17) is 0 Å². The van der Waals surface area contributed by atoms with Gasteiger partial charge in [0.15, 0.2) is 29.3 Å². The number of benzene rings is 1. The van der Waals surface area contributed by atoms with Crippen molar-refractivity contribution >= 4 is 0 Å². The molecule has 0 aliphatic rings. The fraction of sp³-hybridized carbons (Fsp3) is 0.407. The third-order valence-corrected chi connectivity index (χ3v) is 6.83. The topological polar surface area (TPSA) is 7.76 Å². The lowest BCUT2D eigenvalue weighted by Crippen LogP contribution is -2.42. The molecule has 0 aliphatic heterocycles. The van der Waals surface area contributed by atoms with Gasteiger partial charge in [-0.2, -0.15) is 4.57 Å². The molecule has 2 aromatic heterocycles. The van der Waals surface area contributed by atoms with Crippen LogP contribution in [0.3, 0.4) is 0 Å². The van der Waals surface area contributed by atoms with Gasteiger partial charge in [-0.15, -0.1) is 0 Å². The number of aryl methyl sites for hydroxylation is 3. The maximum atomic E-state index is 2.45. The smallest absolute Gasteiger partial charge is 0.181 e. The van der Waals surface area contributed by atoms with Crippen LogP contribution in [0.5, 0.6) is 0 Å². The van der Waals surface area contributed by atoms with Gasteiger partial charge in [0.25, 0.3) is 0 Å². The third-order valence-electron chi connectivity index (χ3n) is 6.83. The third kappa shape index (κ3) is 4.27. The van der Waals surface area contributed by atoms with E-state index in [1.165, 1.54) is 56.2 Å². The lowest BCUT2D eigenvalue weighted by molar-refractivity contribution is -0.700. The van der Waals surface area contributed by atoms with Crippen molar-refractivity contribution in [2.45, 2.75) is 67.9 Å². The second kappa shape index (κ2) is 8.49. The molecule has 152 valence electrons. The van der Waals surface area contributed by atoms with Crippen LogP contribution >= 0.6 is 0 Å². The molecule has 3 aromatic rings. The Morgan fingerprint density at radius 1 is 0.690 bits per heavy atom. The molecule has 0 radical (unpaired) electrons. The van der Waals surface area contributed by atoms with E-state index in [-0.39, 0.29) is 0 Å². The van der Waals surface area contributed by atoms with Gasteiger partial charge in [-0.3, -0.25) is 0 Å². The maximum absolute atomic E-state index is 2.45. The van der Waals surface area contributed by atoms with Crippen molar-refractivity contribution in [1.82, 2.24) is 0 Å². The predicted octanol–water partition coefficient (Wildman–Crippen LogP) is 4.85. The molecule has 1 aromatic carbocycles. The molecule has 3 rings (SSSR count). The van der Waals surface area contributed by atoms with Gasteiger partial charge in [-0.25, -0.2) is 4.57 Å². The summed E-state index contributed by atoms with van der Waals surface area (Å²) in [5.74, 6) is 0. The summed E-state index contributed by atoms with van der Waals surface area (Å²) in [6, 6.07) is 13.8. The van der Waals surface area contributed by atoms with E-state index in [2.05, 4.69) is 101 Å². The van der Waals surface area contributed by atoms with Crippen LogP contribution < -0.4 is 9.13 Å². The van der Waals surface area contributed by atoms with Crippen LogP contribution in [0.15, 0.2) is 36.4 Å². The molecule has 0 N–H and O–H groups in total. The molecular weight excluding hydrogens is 352 g/mol. The van der Waals surface area contributed by atoms with Crippen molar-refractivity contribution in [2.24, 2.45) is 7.05 Å². The summed E-state index contributed by atoms with van der Waals surface area (Å²) >= 11 is 0. The van der Waals surface area contributed by atoms with Crippen molar-refractivity contribution in [3.8, 4) is 0 Å². The van der Waals surface area contributed by atoms with Gasteiger partial charge in [-0.1, -0.05) is 31.2 Å². The zero-order valence-electron chi connectivity index (χ0n) is 19.5. The number of aromatic nitrogens is 2. The van der Waals surface area contributed by atoms with E-state index in [0.717, 1.165) is 19.4 Å². The number of hydrogen-bond donors (Lipinski definition) is 0. The molecule has 2 heterocycles. The average molecular weight is 389 g/mol. The predicted molar refractivity (Wildman–Crippen MR) is 120 cm³/mol. The summed E-state index contributed by atoms with van der Waals surface area (Å²) in [5, 5.41) is 0. The second-order valence-electron chi connectivity index (χ2n) is 8.53. The van der Waals surface area contributed by atoms with Crippen LogP contribution in [-0.4, -0.2) is 0 Å². The fourth-order valence-electron chi connectivity index (χ4n) is 4.22. The highest BCUT2D eigenvalue weighted by molar-refractivity contribution is 5.37. The Kier molecular flexibility index (Phi) is 6.21. The van der Waals surface area contributed by atoms with Gasteiger partial charge in [0.1, 0.15) is 7.05 Å². The molecule has 0 spiro atoms. The summed E-state index contributed by atoms with van der Waals surface area (Å²) in [6.07, 6.45) is 2.09. The first-order chi connectivity index (χ1) is 13.7. The molecule has 29 heavy (non-hydrogen) atoms. The SMILES string of the molecule is CCc1ccc(C[n+]2c(C)cc(Cc3cc(C)[n+](C)c(C)c3C)c(C)c2C)cc1. The highest BCUT2D eigenvalue weighted by atomic mass is 15.0. The van der Waals surface area contributed by atoms with Crippen LogP contribution in [0.25, 0.3) is 0 Å². The molecule has 0 unspecified atom stereocenters. The number of rotatable bonds is 5. The monoisotopic (exact) mass is 388 g/mol. The van der Waals surface area contributed by atoms with Gasteiger partial charge >= 0.3 is 0 Å². The standard InChI is InChI=1S/C27H36N2/c1-9-24-10-12-25(13-11-24)17-29-19(3)15-27(21(5)23(29)7)16-26-14-18(2)28(8)22(6)20(26)4/h10-15H,9,16-17H2,1-8H3/q+2. The van der Waals surface area contributed by atoms with Gasteiger partial charge in [-0.05, 0) is 43.4 Å². The minimum atomic E-state index is 0.932. The average Bonchev–Trinajstić information content (AvgIpc) is 2.72. The van der Waals surface area contributed by atoms with Crippen molar-refractivity contribution in [1.29, 1.82) is 0 Å². The second-order valence-corrected chi connectivity index (χ2v) is 8.53. The normalized spacial score (nSPS) is 11.2. The highest BCUT2D eigenvalue weighted by Crippen LogP contribution is 2.20. The lowest BCUT2D eigenvalue weighted by Gasteiger charge is -2.14. The quantitative estimate of drug-likeness (QED) is 0.552. The zero-order valence-corrected chi connectivity index (χ0v) is 19.5. The van der Waals surface area contributed by atoms with Crippen LogP contribution in [-0.2, 0) is 26.4 Å². The summed E-state index contributed by atoms with van der Waals surface area (Å²) in [4.78, 5) is 0. The van der Waals surface area contributed by atoms with Crippen LogP contribution in [0.4, 0.5) is 0 Å². The van der Waals surface area contributed by atoms with E-state index in [1.54, 1.807) is 0 Å². The van der Waals surface area contributed by atoms with E-state index in [9.17, 15) is 0 Å².